The predicted octanol–water partition coefficient (Wildman–Crippen LogP) is 18.4. The van der Waals surface area contributed by atoms with Crippen LogP contribution in [-0.4, -0.2) is 96.7 Å². The first-order valence-corrected chi connectivity index (χ1v) is 37.5. The molecule has 0 aromatic carbocycles. The molecule has 85 heavy (non-hydrogen) atoms. The van der Waals surface area contributed by atoms with Crippen molar-refractivity contribution in [2.45, 2.75) is 349 Å². The van der Waals surface area contributed by atoms with E-state index >= 15 is 0 Å². The predicted molar refractivity (Wildman–Crippen MR) is 340 cm³/mol. The lowest BCUT2D eigenvalue weighted by atomic mass is 10.0. The van der Waals surface area contributed by atoms with Crippen LogP contribution in [0.25, 0.3) is 0 Å². The van der Waals surface area contributed by atoms with Crippen LogP contribution in [0.5, 0.6) is 0 Å². The van der Waals surface area contributed by atoms with Crippen LogP contribution < -0.4 is 0 Å². The summed E-state index contributed by atoms with van der Waals surface area (Å²) in [6, 6.07) is 0. The molecule has 0 aliphatic heterocycles. The zero-order chi connectivity index (χ0) is 62.9. The van der Waals surface area contributed by atoms with Crippen molar-refractivity contribution in [1.29, 1.82) is 0 Å². The van der Waals surface area contributed by atoms with Gasteiger partial charge in [0.2, 0.25) is 0 Å². The van der Waals surface area contributed by atoms with Gasteiger partial charge in [-0.05, 0) is 37.5 Å². The third-order valence-corrected chi connectivity index (χ3v) is 17.1. The summed E-state index contributed by atoms with van der Waals surface area (Å²) in [5.74, 6) is -0.590. The van der Waals surface area contributed by atoms with Crippen molar-refractivity contribution >= 4 is 39.5 Å². The van der Waals surface area contributed by atoms with Crippen molar-refractivity contribution in [1.82, 2.24) is 0 Å². The van der Waals surface area contributed by atoms with Crippen LogP contribution in [0, 0.1) is 11.8 Å². The minimum atomic E-state index is -4.95. The van der Waals surface area contributed by atoms with Gasteiger partial charge in [-0.25, -0.2) is 9.13 Å². The van der Waals surface area contributed by atoms with Gasteiger partial charge in [0.05, 0.1) is 26.4 Å². The molecule has 504 valence electrons. The van der Waals surface area contributed by atoms with Crippen molar-refractivity contribution in [3.63, 3.8) is 0 Å². The Morgan fingerprint density at radius 3 is 0.800 bits per heavy atom. The number of unbranched alkanes of at least 4 members (excludes halogenated alkanes) is 35. The van der Waals surface area contributed by atoms with Crippen LogP contribution in [0.3, 0.4) is 0 Å². The van der Waals surface area contributed by atoms with Gasteiger partial charge in [-0.2, -0.15) is 0 Å². The molecule has 0 aliphatic rings. The smallest absolute Gasteiger partial charge is 0.462 e. The molecule has 0 fully saturated rings. The molecule has 0 aliphatic carbocycles. The molecule has 0 radical (unpaired) electrons. The van der Waals surface area contributed by atoms with E-state index in [9.17, 15) is 43.2 Å². The molecule has 0 rings (SSSR count). The Hall–Kier alpha value is -1.94. The topological polar surface area (TPSA) is 237 Å². The van der Waals surface area contributed by atoms with Gasteiger partial charge < -0.3 is 33.8 Å². The van der Waals surface area contributed by atoms with Crippen LogP contribution in [0.15, 0.2) is 0 Å². The van der Waals surface area contributed by atoms with Gasteiger partial charge in [0.15, 0.2) is 12.2 Å². The van der Waals surface area contributed by atoms with Gasteiger partial charge in [0.1, 0.15) is 19.3 Å². The van der Waals surface area contributed by atoms with Crippen LogP contribution in [0.4, 0.5) is 0 Å². The maximum atomic E-state index is 13.0. The number of phosphoric ester groups is 2. The Kier molecular flexibility index (Phi) is 57.1. The Bertz CT molecular complexity index is 1670. The number of phosphoric acid groups is 2. The first-order valence-electron chi connectivity index (χ1n) is 34.5. The summed E-state index contributed by atoms with van der Waals surface area (Å²) in [4.78, 5) is 72.0. The number of ether oxygens (including phenoxy) is 4. The second-order valence-electron chi connectivity index (χ2n) is 24.8. The summed E-state index contributed by atoms with van der Waals surface area (Å²) in [5.41, 5.74) is 0. The average Bonchev–Trinajstić information content (AvgIpc) is 3.48. The molecular weight excluding hydrogens is 1130 g/mol. The fraction of sp³-hybridized carbons (Fsp3) is 0.939. The lowest BCUT2D eigenvalue weighted by molar-refractivity contribution is -0.161. The number of aliphatic hydroxyl groups excluding tert-OH is 1. The molecule has 5 atom stereocenters. The summed E-state index contributed by atoms with van der Waals surface area (Å²) in [6.07, 6.45) is 42.1. The zero-order valence-electron chi connectivity index (χ0n) is 54.9. The van der Waals surface area contributed by atoms with E-state index in [0.29, 0.717) is 25.7 Å². The molecule has 0 heterocycles. The summed E-state index contributed by atoms with van der Waals surface area (Å²) >= 11 is 0. The summed E-state index contributed by atoms with van der Waals surface area (Å²) < 4.78 is 67.8. The molecule has 0 aromatic rings. The first kappa shape index (κ1) is 83.1. The van der Waals surface area contributed by atoms with Crippen LogP contribution >= 0.6 is 15.6 Å². The maximum absolute atomic E-state index is 13.0. The number of esters is 4. The third kappa shape index (κ3) is 60.7. The molecule has 0 spiro atoms. The number of hydrogen-bond donors (Lipinski definition) is 3. The van der Waals surface area contributed by atoms with Gasteiger partial charge >= 0.3 is 39.5 Å². The fourth-order valence-electron chi connectivity index (χ4n) is 9.88. The summed E-state index contributed by atoms with van der Waals surface area (Å²) in [5, 5.41) is 10.5. The molecule has 19 heteroatoms. The molecule has 0 saturated carbocycles. The highest BCUT2D eigenvalue weighted by atomic mass is 31.2. The summed E-state index contributed by atoms with van der Waals surface area (Å²) in [7, 11) is -9.88. The molecule has 2 unspecified atom stereocenters. The Labute approximate surface area is 517 Å². The SMILES string of the molecule is CCCCCCCCCCCC(=O)O[C@H](COC(=O)CCCCCCC)COP(=O)(O)OC[C@H](O)COP(=O)(O)OC[C@@H](COC(=O)CCCCCCCCCCCC(C)C)OC(=O)CCCCCCCCCCCCCCCCCCC(C)C. The number of hydrogen-bond acceptors (Lipinski definition) is 15. The molecule has 0 aromatic heterocycles. The fourth-order valence-corrected chi connectivity index (χ4v) is 11.5. The van der Waals surface area contributed by atoms with E-state index < -0.39 is 97.5 Å². The third-order valence-electron chi connectivity index (χ3n) is 15.2. The van der Waals surface area contributed by atoms with Crippen molar-refractivity contribution in [3.05, 3.63) is 0 Å². The number of carbonyl (C=O) groups excluding carboxylic acids is 4. The molecule has 0 saturated heterocycles. The first-order chi connectivity index (χ1) is 40.9. The van der Waals surface area contributed by atoms with E-state index in [-0.39, 0.29) is 25.7 Å². The van der Waals surface area contributed by atoms with Crippen LogP contribution in [0.1, 0.15) is 330 Å². The zero-order valence-corrected chi connectivity index (χ0v) is 56.7. The highest BCUT2D eigenvalue weighted by Crippen LogP contribution is 2.45. The second kappa shape index (κ2) is 58.4. The number of aliphatic hydroxyl groups is 1. The largest absolute Gasteiger partial charge is 0.472 e. The molecule has 17 nitrogen and oxygen atoms in total. The number of rotatable bonds is 65. The van der Waals surface area contributed by atoms with E-state index in [1.807, 2.05) is 0 Å². The van der Waals surface area contributed by atoms with E-state index in [2.05, 4.69) is 41.5 Å². The lowest BCUT2D eigenvalue weighted by Crippen LogP contribution is -2.30. The van der Waals surface area contributed by atoms with Crippen LogP contribution in [0.2, 0.25) is 0 Å². The van der Waals surface area contributed by atoms with E-state index in [1.165, 1.54) is 141 Å². The van der Waals surface area contributed by atoms with Gasteiger partial charge in [-0.1, -0.05) is 279 Å². The van der Waals surface area contributed by atoms with Crippen molar-refractivity contribution < 1.29 is 80.2 Å². The molecule has 3 N–H and O–H groups in total. The van der Waals surface area contributed by atoms with Crippen molar-refractivity contribution in [3.8, 4) is 0 Å². The Balaban J connectivity index is 5.13. The van der Waals surface area contributed by atoms with Crippen molar-refractivity contribution in [2.24, 2.45) is 11.8 Å². The highest BCUT2D eigenvalue weighted by Gasteiger charge is 2.30. The van der Waals surface area contributed by atoms with Crippen molar-refractivity contribution in [2.75, 3.05) is 39.6 Å². The number of carbonyl (C=O) groups is 4. The van der Waals surface area contributed by atoms with E-state index in [0.717, 1.165) is 108 Å². The average molecular weight is 1260 g/mol. The normalized spacial score (nSPS) is 14.2. The maximum Gasteiger partial charge on any atom is 0.472 e. The Morgan fingerprint density at radius 2 is 0.541 bits per heavy atom. The van der Waals surface area contributed by atoms with E-state index in [1.54, 1.807) is 0 Å². The molecule has 0 amide bonds. The highest BCUT2D eigenvalue weighted by molar-refractivity contribution is 7.47. The molecular formula is C66H128O17P2. The van der Waals surface area contributed by atoms with Gasteiger partial charge in [0, 0.05) is 25.7 Å². The minimum absolute atomic E-state index is 0.105. The van der Waals surface area contributed by atoms with Gasteiger partial charge in [-0.3, -0.25) is 37.3 Å². The second-order valence-corrected chi connectivity index (χ2v) is 27.7. The van der Waals surface area contributed by atoms with Gasteiger partial charge in [0.25, 0.3) is 0 Å². The molecule has 0 bridgehead atoms. The Morgan fingerprint density at radius 1 is 0.318 bits per heavy atom. The van der Waals surface area contributed by atoms with Gasteiger partial charge in [-0.15, -0.1) is 0 Å². The summed E-state index contributed by atoms with van der Waals surface area (Å²) in [6.45, 7) is 9.42. The monoisotopic (exact) mass is 1250 g/mol. The van der Waals surface area contributed by atoms with E-state index in [4.69, 9.17) is 37.0 Å². The lowest BCUT2D eigenvalue weighted by Gasteiger charge is -2.21. The standard InChI is InChI=1S/C66H128O17P2/c1-7-9-11-13-14-24-32-38-44-50-65(70)82-61(54-76-63(68)48-42-34-12-10-8-2)56-80-84(72,73)78-52-60(67)53-79-85(74,75)81-57-62(55-77-64(69)49-43-37-31-28-23-26-30-36-41-47-59(5)6)83-66(71)51-45-39-33-27-22-20-18-16-15-17-19-21-25-29-35-40-46-58(3)4/h58-62,67H,7-57H2,1-6H3,(H,72,73)(H,74,75)/t60-,61+,62+/m0/s1. The quantitative estimate of drug-likeness (QED) is 0.0222. The minimum Gasteiger partial charge on any atom is -0.462 e. The van der Waals surface area contributed by atoms with Crippen LogP contribution in [-0.2, 0) is 65.4 Å².